The van der Waals surface area contributed by atoms with Crippen LogP contribution in [0.5, 0.6) is 0 Å². The number of carbonyl (C=O) groups is 1. The summed E-state index contributed by atoms with van der Waals surface area (Å²) in [6.45, 7) is 2.16. The van der Waals surface area contributed by atoms with Crippen molar-refractivity contribution in [3.8, 4) is 11.3 Å². The quantitative estimate of drug-likeness (QED) is 0.441. The standard InChI is InChI=1S/C23H25BrN2OS/c1-15(16-7-3-2-4-8-16)25-23(27)21-18-9-5-6-10-20(18)26-22(19(21)13-24)17-11-12-28-14-17/h5-6,9-12,14-16H,2-4,7-8,13H2,1H3,(H,25,27)/t15-/m0/s1. The second-order valence-electron chi connectivity index (χ2n) is 7.64. The van der Waals surface area contributed by atoms with Gasteiger partial charge in [0, 0.05) is 33.3 Å². The van der Waals surface area contributed by atoms with E-state index in [9.17, 15) is 4.79 Å². The van der Waals surface area contributed by atoms with Gasteiger partial charge in [0.05, 0.1) is 16.8 Å². The third kappa shape index (κ3) is 3.87. The molecule has 1 N–H and O–H groups in total. The lowest BCUT2D eigenvalue weighted by molar-refractivity contribution is 0.0920. The van der Waals surface area contributed by atoms with Crippen molar-refractivity contribution in [3.63, 3.8) is 0 Å². The van der Waals surface area contributed by atoms with Gasteiger partial charge < -0.3 is 5.32 Å². The molecular formula is C23H25BrN2OS. The maximum atomic E-state index is 13.5. The van der Waals surface area contributed by atoms with E-state index < -0.39 is 0 Å². The lowest BCUT2D eigenvalue weighted by Crippen LogP contribution is -2.39. The molecular weight excluding hydrogens is 432 g/mol. The maximum Gasteiger partial charge on any atom is 0.252 e. The van der Waals surface area contributed by atoms with Gasteiger partial charge in [-0.05, 0) is 43.2 Å². The summed E-state index contributed by atoms with van der Waals surface area (Å²) >= 11 is 5.27. The van der Waals surface area contributed by atoms with Crippen molar-refractivity contribution in [3.05, 3.63) is 52.2 Å². The van der Waals surface area contributed by atoms with E-state index in [1.165, 1.54) is 32.1 Å². The van der Waals surface area contributed by atoms with Crippen LogP contribution in [-0.4, -0.2) is 16.9 Å². The molecule has 2 aromatic heterocycles. The number of pyridine rings is 1. The molecule has 0 bridgehead atoms. The highest BCUT2D eigenvalue weighted by molar-refractivity contribution is 9.08. The molecule has 0 saturated heterocycles. The molecule has 2 heterocycles. The Morgan fingerprint density at radius 2 is 2.04 bits per heavy atom. The minimum atomic E-state index is 0.0163. The van der Waals surface area contributed by atoms with Crippen molar-refractivity contribution < 1.29 is 4.79 Å². The van der Waals surface area contributed by atoms with Crippen LogP contribution in [0.4, 0.5) is 0 Å². The molecule has 0 radical (unpaired) electrons. The second kappa shape index (κ2) is 8.75. The van der Waals surface area contributed by atoms with Gasteiger partial charge in [-0.15, -0.1) is 0 Å². The first-order valence-electron chi connectivity index (χ1n) is 10.00. The third-order valence-corrected chi connectivity index (χ3v) is 7.11. The number of fused-ring (bicyclic) bond motifs is 1. The lowest BCUT2D eigenvalue weighted by Gasteiger charge is -2.28. The van der Waals surface area contributed by atoms with Gasteiger partial charge in [-0.2, -0.15) is 11.3 Å². The monoisotopic (exact) mass is 456 g/mol. The van der Waals surface area contributed by atoms with Crippen molar-refractivity contribution in [2.45, 2.75) is 50.4 Å². The number of aromatic nitrogens is 1. The van der Waals surface area contributed by atoms with Gasteiger partial charge in [0.25, 0.3) is 5.91 Å². The first-order chi connectivity index (χ1) is 13.7. The molecule has 3 nitrogen and oxygen atoms in total. The van der Waals surface area contributed by atoms with Crippen LogP contribution in [0.15, 0.2) is 41.1 Å². The minimum absolute atomic E-state index is 0.0163. The van der Waals surface area contributed by atoms with E-state index in [0.717, 1.165) is 33.3 Å². The smallest absolute Gasteiger partial charge is 0.252 e. The molecule has 1 aliphatic carbocycles. The van der Waals surface area contributed by atoms with Crippen LogP contribution in [-0.2, 0) is 5.33 Å². The summed E-state index contributed by atoms with van der Waals surface area (Å²) in [5.74, 6) is 0.595. The SMILES string of the molecule is C[C@H](NC(=O)c1c(CBr)c(-c2ccsc2)nc2ccccc12)C1CCCCC1. The van der Waals surface area contributed by atoms with Crippen molar-refractivity contribution in [1.29, 1.82) is 0 Å². The van der Waals surface area contributed by atoms with Crippen LogP contribution in [0.25, 0.3) is 22.2 Å². The number of thiophene rings is 1. The third-order valence-electron chi connectivity index (χ3n) is 5.86. The molecule has 4 rings (SSSR count). The molecule has 1 saturated carbocycles. The number of rotatable bonds is 5. The van der Waals surface area contributed by atoms with Gasteiger partial charge in [-0.1, -0.05) is 53.4 Å². The van der Waals surface area contributed by atoms with Crippen molar-refractivity contribution in [2.75, 3.05) is 0 Å². The zero-order valence-electron chi connectivity index (χ0n) is 16.1. The van der Waals surface area contributed by atoms with Gasteiger partial charge in [-0.3, -0.25) is 4.79 Å². The van der Waals surface area contributed by atoms with Gasteiger partial charge >= 0.3 is 0 Å². The highest BCUT2D eigenvalue weighted by Crippen LogP contribution is 2.33. The number of halogens is 1. The van der Waals surface area contributed by atoms with Gasteiger partial charge in [0.2, 0.25) is 0 Å². The Labute approximate surface area is 178 Å². The molecule has 1 amide bonds. The molecule has 1 fully saturated rings. The molecule has 3 aromatic rings. The normalized spacial score (nSPS) is 16.2. The number of nitrogens with zero attached hydrogens (tertiary/aromatic N) is 1. The van der Waals surface area contributed by atoms with Crippen LogP contribution in [0.1, 0.15) is 54.9 Å². The Morgan fingerprint density at radius 1 is 1.25 bits per heavy atom. The average molecular weight is 457 g/mol. The Balaban J connectivity index is 1.77. The molecule has 1 atom stereocenters. The van der Waals surface area contributed by atoms with E-state index in [1.54, 1.807) is 11.3 Å². The zero-order chi connectivity index (χ0) is 19.5. The number of amides is 1. The van der Waals surface area contributed by atoms with Crippen LogP contribution in [0, 0.1) is 5.92 Å². The van der Waals surface area contributed by atoms with Crippen LogP contribution < -0.4 is 5.32 Å². The summed E-state index contributed by atoms with van der Waals surface area (Å²) in [4.78, 5) is 18.4. The van der Waals surface area contributed by atoms with Crippen molar-refractivity contribution >= 4 is 44.1 Å². The molecule has 146 valence electrons. The van der Waals surface area contributed by atoms with Crippen molar-refractivity contribution in [1.82, 2.24) is 10.3 Å². The zero-order valence-corrected chi connectivity index (χ0v) is 18.5. The lowest BCUT2D eigenvalue weighted by atomic mass is 9.84. The molecule has 0 spiro atoms. The number of para-hydroxylation sites is 1. The summed E-state index contributed by atoms with van der Waals surface area (Å²) in [6.07, 6.45) is 6.30. The Kier molecular flexibility index (Phi) is 6.12. The van der Waals surface area contributed by atoms with Gasteiger partial charge in [-0.25, -0.2) is 4.98 Å². The van der Waals surface area contributed by atoms with Crippen LogP contribution >= 0.6 is 27.3 Å². The predicted octanol–water partition coefficient (Wildman–Crippen LogP) is 6.56. The number of carbonyl (C=O) groups excluding carboxylic acids is 1. The maximum absolute atomic E-state index is 13.5. The average Bonchev–Trinajstić information content (AvgIpc) is 3.27. The second-order valence-corrected chi connectivity index (χ2v) is 8.98. The number of alkyl halides is 1. The largest absolute Gasteiger partial charge is 0.349 e. The fourth-order valence-electron chi connectivity index (χ4n) is 4.31. The van der Waals surface area contributed by atoms with E-state index in [4.69, 9.17) is 4.98 Å². The molecule has 0 aliphatic heterocycles. The minimum Gasteiger partial charge on any atom is -0.349 e. The summed E-state index contributed by atoms with van der Waals surface area (Å²) in [6, 6.07) is 10.2. The topological polar surface area (TPSA) is 42.0 Å². The van der Waals surface area contributed by atoms with E-state index in [-0.39, 0.29) is 11.9 Å². The molecule has 0 unspecified atom stereocenters. The first-order valence-corrected chi connectivity index (χ1v) is 12.1. The number of nitrogens with one attached hydrogen (secondary N) is 1. The number of hydrogen-bond donors (Lipinski definition) is 1. The molecule has 1 aromatic carbocycles. The van der Waals surface area contributed by atoms with Crippen molar-refractivity contribution in [2.24, 2.45) is 5.92 Å². The summed E-state index contributed by atoms with van der Waals surface area (Å²) in [7, 11) is 0. The van der Waals surface area contributed by atoms with Crippen LogP contribution in [0.2, 0.25) is 0 Å². The fraction of sp³-hybridized carbons (Fsp3) is 0.391. The Bertz CT molecular complexity index is 964. The van der Waals surface area contributed by atoms with E-state index >= 15 is 0 Å². The van der Waals surface area contributed by atoms with Gasteiger partial charge in [0.1, 0.15) is 0 Å². The van der Waals surface area contributed by atoms with E-state index in [2.05, 4.69) is 45.0 Å². The van der Waals surface area contributed by atoms with E-state index in [1.807, 2.05) is 24.3 Å². The fourth-order valence-corrected chi connectivity index (χ4v) is 5.50. The molecule has 28 heavy (non-hydrogen) atoms. The van der Waals surface area contributed by atoms with Gasteiger partial charge in [0.15, 0.2) is 0 Å². The highest BCUT2D eigenvalue weighted by Gasteiger charge is 2.25. The Morgan fingerprint density at radius 3 is 2.75 bits per heavy atom. The number of hydrogen-bond acceptors (Lipinski definition) is 3. The summed E-state index contributed by atoms with van der Waals surface area (Å²) in [5, 5.41) is 8.98. The first kappa shape index (κ1) is 19.6. The summed E-state index contributed by atoms with van der Waals surface area (Å²) < 4.78 is 0. The number of benzene rings is 1. The van der Waals surface area contributed by atoms with E-state index in [0.29, 0.717) is 11.2 Å². The predicted molar refractivity (Wildman–Crippen MR) is 121 cm³/mol. The molecule has 5 heteroatoms. The Hall–Kier alpha value is -1.72. The highest BCUT2D eigenvalue weighted by atomic mass is 79.9. The van der Waals surface area contributed by atoms with Crippen LogP contribution in [0.3, 0.4) is 0 Å². The molecule has 1 aliphatic rings. The summed E-state index contributed by atoms with van der Waals surface area (Å²) in [5.41, 5.74) is 4.55.